The lowest BCUT2D eigenvalue weighted by atomic mass is 9.91. The summed E-state index contributed by atoms with van der Waals surface area (Å²) in [6, 6.07) is 12.5. The van der Waals surface area contributed by atoms with Crippen LogP contribution < -0.4 is 11.3 Å². The first-order valence-corrected chi connectivity index (χ1v) is 14.9. The Morgan fingerprint density at radius 1 is 1.10 bits per heavy atom. The first kappa shape index (κ1) is 27.5. The van der Waals surface area contributed by atoms with Crippen LogP contribution in [0.5, 0.6) is 0 Å². The molecule has 1 aliphatic rings. The van der Waals surface area contributed by atoms with Crippen molar-refractivity contribution in [2.24, 2.45) is 12.8 Å². The van der Waals surface area contributed by atoms with Crippen molar-refractivity contribution < 1.29 is 13.5 Å². The number of rotatable bonds is 7. The molecule has 10 nitrogen and oxygen atoms in total. The van der Waals surface area contributed by atoms with Crippen LogP contribution in [-0.2, 0) is 36.5 Å². The van der Waals surface area contributed by atoms with Crippen molar-refractivity contribution in [3.63, 3.8) is 0 Å². The van der Waals surface area contributed by atoms with Crippen LogP contribution in [0.3, 0.4) is 0 Å². The van der Waals surface area contributed by atoms with Gasteiger partial charge in [0.2, 0.25) is 0 Å². The Morgan fingerprint density at radius 2 is 1.79 bits per heavy atom. The molecule has 0 unspecified atom stereocenters. The van der Waals surface area contributed by atoms with Crippen LogP contribution in [0, 0.1) is 0 Å². The Bertz CT molecular complexity index is 1690. The van der Waals surface area contributed by atoms with E-state index in [1.165, 1.54) is 17.0 Å². The Labute approximate surface area is 231 Å². The number of halogens is 1. The number of hydrogen-bond acceptors (Lipinski definition) is 8. The van der Waals surface area contributed by atoms with Gasteiger partial charge in [0.1, 0.15) is 5.52 Å². The lowest BCUT2D eigenvalue weighted by Gasteiger charge is -2.38. The number of aromatic nitrogens is 4. The number of benzene rings is 2. The third kappa shape index (κ3) is 5.64. The molecule has 206 valence electrons. The largest absolute Gasteiger partial charge is 0.388 e. The van der Waals surface area contributed by atoms with Gasteiger partial charge in [0.25, 0.3) is 5.56 Å². The quantitative estimate of drug-likeness (QED) is 0.345. The summed E-state index contributed by atoms with van der Waals surface area (Å²) in [5.41, 5.74) is 8.57. The summed E-state index contributed by atoms with van der Waals surface area (Å²) in [6.07, 6.45) is 3.54. The van der Waals surface area contributed by atoms with Crippen LogP contribution in [-0.4, -0.2) is 62.7 Å². The maximum atomic E-state index is 13.3. The van der Waals surface area contributed by atoms with E-state index in [1.54, 1.807) is 23.9 Å². The van der Waals surface area contributed by atoms with Crippen molar-refractivity contribution in [3.05, 3.63) is 75.3 Å². The average Bonchev–Trinajstić information content (AvgIpc) is 3.24. The van der Waals surface area contributed by atoms with Crippen LogP contribution in [0.25, 0.3) is 22.3 Å². The molecule has 39 heavy (non-hydrogen) atoms. The minimum atomic E-state index is -3.33. The van der Waals surface area contributed by atoms with E-state index in [4.69, 9.17) is 17.3 Å². The summed E-state index contributed by atoms with van der Waals surface area (Å²) in [4.78, 5) is 20.2. The van der Waals surface area contributed by atoms with E-state index >= 15 is 0 Å². The van der Waals surface area contributed by atoms with E-state index in [0.717, 1.165) is 28.6 Å². The molecule has 0 aliphatic carbocycles. The van der Waals surface area contributed by atoms with Gasteiger partial charge in [0.15, 0.2) is 15.4 Å². The monoisotopic (exact) mass is 570 g/mol. The van der Waals surface area contributed by atoms with Crippen molar-refractivity contribution in [2.45, 2.75) is 43.0 Å². The maximum absolute atomic E-state index is 13.3. The first-order chi connectivity index (χ1) is 18.5. The minimum absolute atomic E-state index is 0.115. The van der Waals surface area contributed by atoms with E-state index < -0.39 is 15.4 Å². The molecule has 0 spiro atoms. The van der Waals surface area contributed by atoms with Gasteiger partial charge in [-0.1, -0.05) is 41.9 Å². The van der Waals surface area contributed by atoms with Crippen LogP contribution in [0.2, 0.25) is 5.02 Å². The van der Waals surface area contributed by atoms with Crippen molar-refractivity contribution in [3.8, 4) is 11.3 Å². The second-order valence-electron chi connectivity index (χ2n) is 10.3. The lowest BCUT2D eigenvalue weighted by Crippen LogP contribution is -2.47. The van der Waals surface area contributed by atoms with E-state index in [2.05, 4.69) is 15.0 Å². The number of fused-ring (bicyclic) bond motifs is 1. The highest BCUT2D eigenvalue weighted by Crippen LogP contribution is 2.29. The molecule has 12 heteroatoms. The fourth-order valence-corrected chi connectivity index (χ4v) is 6.01. The molecule has 0 atom stereocenters. The van der Waals surface area contributed by atoms with Gasteiger partial charge in [-0.05, 0) is 36.1 Å². The minimum Gasteiger partial charge on any atom is -0.388 e. The summed E-state index contributed by atoms with van der Waals surface area (Å²) in [6.45, 7) is 2.29. The van der Waals surface area contributed by atoms with E-state index in [1.807, 2.05) is 24.3 Å². The summed E-state index contributed by atoms with van der Waals surface area (Å²) in [5, 5.41) is 16.2. The molecule has 0 saturated carbocycles. The van der Waals surface area contributed by atoms with E-state index in [-0.39, 0.29) is 22.5 Å². The number of hydrogen-bond donors (Lipinski definition) is 2. The number of aliphatic hydroxyl groups is 1. The average molecular weight is 571 g/mol. The zero-order valence-corrected chi connectivity index (χ0v) is 23.4. The van der Waals surface area contributed by atoms with Crippen molar-refractivity contribution in [2.75, 3.05) is 19.3 Å². The van der Waals surface area contributed by atoms with Gasteiger partial charge in [-0.25, -0.2) is 13.4 Å². The summed E-state index contributed by atoms with van der Waals surface area (Å²) < 4.78 is 26.6. The molecular formula is C27H31ClN6O4S. The SMILES string of the molecule is Cn1nc2c(=O)n(CC3(O)CCN(Cc4ccc(S(C)(=O)=O)cc4Cl)CC3)cnc2c1-c1ccc(CN)cc1. The molecule has 0 bridgehead atoms. The van der Waals surface area contributed by atoms with Crippen molar-refractivity contribution in [1.82, 2.24) is 24.2 Å². The number of sulfone groups is 1. The van der Waals surface area contributed by atoms with Gasteiger partial charge < -0.3 is 10.8 Å². The Balaban J connectivity index is 1.30. The second kappa shape index (κ2) is 10.5. The lowest BCUT2D eigenvalue weighted by molar-refractivity contribution is -0.0364. The van der Waals surface area contributed by atoms with Crippen LogP contribution in [0.15, 0.2) is 58.5 Å². The van der Waals surface area contributed by atoms with Crippen LogP contribution in [0.1, 0.15) is 24.0 Å². The number of likely N-dealkylation sites (tertiary alicyclic amines) is 1. The molecule has 1 fully saturated rings. The molecule has 0 radical (unpaired) electrons. The molecule has 4 aromatic rings. The highest BCUT2D eigenvalue weighted by atomic mass is 35.5. The molecule has 3 heterocycles. The van der Waals surface area contributed by atoms with Gasteiger partial charge >= 0.3 is 0 Å². The summed E-state index contributed by atoms with van der Waals surface area (Å²) in [7, 11) is -1.55. The number of nitrogens with zero attached hydrogens (tertiary/aromatic N) is 5. The third-order valence-electron chi connectivity index (χ3n) is 7.37. The standard InChI is InChI=1S/C27H31ClN6O4S/c1-32-25(19-5-3-18(14-29)4-6-19)23-24(31-32)26(35)34(17-30-23)16-27(36)9-11-33(12-10-27)15-20-7-8-21(13-22(20)28)39(2,37)38/h3-8,13,17,36H,9-12,14-16,29H2,1-2H3. The maximum Gasteiger partial charge on any atom is 0.281 e. The molecular weight excluding hydrogens is 540 g/mol. The summed E-state index contributed by atoms with van der Waals surface area (Å²) in [5.74, 6) is 0. The van der Waals surface area contributed by atoms with E-state index in [9.17, 15) is 18.3 Å². The summed E-state index contributed by atoms with van der Waals surface area (Å²) >= 11 is 6.35. The van der Waals surface area contributed by atoms with Crippen LogP contribution in [0.4, 0.5) is 0 Å². The predicted octanol–water partition coefficient (Wildman–Crippen LogP) is 2.34. The van der Waals surface area contributed by atoms with Crippen LogP contribution >= 0.6 is 11.6 Å². The molecule has 0 amide bonds. The molecule has 5 rings (SSSR count). The molecule has 2 aromatic heterocycles. The zero-order chi connectivity index (χ0) is 27.9. The van der Waals surface area contributed by atoms with Gasteiger partial charge in [-0.3, -0.25) is 18.9 Å². The molecule has 1 aliphatic heterocycles. The second-order valence-corrected chi connectivity index (χ2v) is 12.7. The normalized spacial score (nSPS) is 16.1. The van der Waals surface area contributed by atoms with Gasteiger partial charge in [-0.2, -0.15) is 5.10 Å². The molecule has 3 N–H and O–H groups in total. The number of piperidine rings is 1. The zero-order valence-electron chi connectivity index (χ0n) is 21.8. The van der Waals surface area contributed by atoms with Crippen molar-refractivity contribution in [1.29, 1.82) is 0 Å². The Hall–Kier alpha value is -3.09. The predicted molar refractivity (Wildman–Crippen MR) is 150 cm³/mol. The van der Waals surface area contributed by atoms with Gasteiger partial charge in [0.05, 0.1) is 29.1 Å². The topological polar surface area (TPSA) is 136 Å². The molecule has 1 saturated heterocycles. The fourth-order valence-electron chi connectivity index (χ4n) is 5.06. The Morgan fingerprint density at radius 3 is 2.41 bits per heavy atom. The smallest absolute Gasteiger partial charge is 0.281 e. The Kier molecular flexibility index (Phi) is 7.38. The number of nitrogens with two attached hydrogens (primary N) is 1. The highest BCUT2D eigenvalue weighted by molar-refractivity contribution is 7.90. The van der Waals surface area contributed by atoms with E-state index in [0.29, 0.717) is 49.6 Å². The third-order valence-corrected chi connectivity index (χ3v) is 8.84. The molecule has 2 aromatic carbocycles. The number of aryl methyl sites for hydroxylation is 1. The van der Waals surface area contributed by atoms with Gasteiger partial charge in [-0.15, -0.1) is 0 Å². The highest BCUT2D eigenvalue weighted by Gasteiger charge is 2.33. The fraction of sp³-hybridized carbons (Fsp3) is 0.370. The van der Waals surface area contributed by atoms with Gasteiger partial charge in [0, 0.05) is 50.1 Å². The van der Waals surface area contributed by atoms with Crippen molar-refractivity contribution >= 4 is 32.5 Å². The first-order valence-electron chi connectivity index (χ1n) is 12.6.